The van der Waals surface area contributed by atoms with Crippen LogP contribution in [0.2, 0.25) is 0 Å². The van der Waals surface area contributed by atoms with Gasteiger partial charge in [-0.15, -0.1) is 0 Å². The van der Waals surface area contributed by atoms with Crippen molar-refractivity contribution < 1.29 is 12.8 Å². The zero-order valence-electron chi connectivity index (χ0n) is 13.3. The van der Waals surface area contributed by atoms with Gasteiger partial charge in [0.25, 0.3) is 10.0 Å². The largest absolute Gasteiger partial charge is 0.447 e. The van der Waals surface area contributed by atoms with Crippen molar-refractivity contribution in [3.63, 3.8) is 0 Å². The van der Waals surface area contributed by atoms with Gasteiger partial charge in [-0.1, -0.05) is 20.8 Å². The molecule has 0 spiro atoms. The average Bonchev–Trinajstić information content (AvgIpc) is 2.87. The second-order valence-corrected chi connectivity index (χ2v) is 7.24. The monoisotopic (exact) mass is 317 g/mol. The minimum Gasteiger partial charge on any atom is -0.447 e. The average molecular weight is 317 g/mol. The lowest BCUT2D eigenvalue weighted by Crippen LogP contribution is -2.32. The first-order valence-corrected chi connectivity index (χ1v) is 8.81. The first-order chi connectivity index (χ1) is 9.85. The van der Waals surface area contributed by atoms with Gasteiger partial charge in [-0.2, -0.15) is 0 Å². The van der Waals surface area contributed by atoms with Crippen LogP contribution < -0.4 is 10.0 Å². The molecule has 0 radical (unpaired) electrons. The van der Waals surface area contributed by atoms with Gasteiger partial charge in [0.1, 0.15) is 5.76 Å². The quantitative estimate of drug-likeness (QED) is 0.679. The van der Waals surface area contributed by atoms with Gasteiger partial charge in [0.2, 0.25) is 5.09 Å². The second kappa shape index (κ2) is 8.53. The first-order valence-electron chi connectivity index (χ1n) is 7.32. The molecule has 122 valence electrons. The molecule has 7 heteroatoms. The van der Waals surface area contributed by atoms with Crippen molar-refractivity contribution in [2.24, 2.45) is 5.92 Å². The van der Waals surface area contributed by atoms with Crippen molar-refractivity contribution >= 4 is 10.0 Å². The zero-order valence-corrected chi connectivity index (χ0v) is 14.2. The summed E-state index contributed by atoms with van der Waals surface area (Å²) < 4.78 is 32.0. The van der Waals surface area contributed by atoms with Crippen LogP contribution in [0.25, 0.3) is 0 Å². The Morgan fingerprint density at radius 3 is 2.67 bits per heavy atom. The lowest BCUT2D eigenvalue weighted by atomic mass is 10.2. The Bertz CT molecular complexity index is 511. The van der Waals surface area contributed by atoms with E-state index in [0.717, 1.165) is 13.1 Å². The van der Waals surface area contributed by atoms with Gasteiger partial charge in [-0.3, -0.25) is 0 Å². The smallest absolute Gasteiger partial charge is 0.274 e. The van der Waals surface area contributed by atoms with E-state index in [-0.39, 0.29) is 5.09 Å². The number of furan rings is 1. The Labute approximate surface area is 127 Å². The van der Waals surface area contributed by atoms with Crippen LogP contribution in [0.4, 0.5) is 0 Å². The molecule has 0 bridgehead atoms. The Kier molecular flexibility index (Phi) is 7.37. The van der Waals surface area contributed by atoms with Crippen molar-refractivity contribution in [1.29, 1.82) is 0 Å². The topological polar surface area (TPSA) is 74.6 Å². The molecule has 1 heterocycles. The van der Waals surface area contributed by atoms with E-state index in [1.165, 1.54) is 6.07 Å². The fourth-order valence-corrected chi connectivity index (χ4v) is 2.65. The van der Waals surface area contributed by atoms with Gasteiger partial charge in [0.15, 0.2) is 0 Å². The number of nitrogens with one attached hydrogen (secondary N) is 2. The summed E-state index contributed by atoms with van der Waals surface area (Å²) in [5.74, 6) is 1.17. The number of sulfonamides is 1. The van der Waals surface area contributed by atoms with Crippen molar-refractivity contribution in [3.05, 3.63) is 17.9 Å². The summed E-state index contributed by atoms with van der Waals surface area (Å²) in [6.07, 6.45) is 0. The highest BCUT2D eigenvalue weighted by molar-refractivity contribution is 7.89. The third kappa shape index (κ3) is 6.60. The summed E-state index contributed by atoms with van der Waals surface area (Å²) in [6.45, 7) is 9.57. The molecular weight excluding hydrogens is 290 g/mol. The van der Waals surface area contributed by atoms with Crippen molar-refractivity contribution in [2.75, 3.05) is 33.2 Å². The van der Waals surface area contributed by atoms with E-state index < -0.39 is 10.0 Å². The van der Waals surface area contributed by atoms with Crippen LogP contribution in [0.3, 0.4) is 0 Å². The fraction of sp³-hybridized carbons (Fsp3) is 0.714. The first kappa shape index (κ1) is 18.2. The number of rotatable bonds is 10. The predicted octanol–water partition coefficient (Wildman–Crippen LogP) is 1.26. The molecule has 1 rings (SSSR count). The Balaban J connectivity index is 2.50. The summed E-state index contributed by atoms with van der Waals surface area (Å²) in [5, 5.41) is 3.19. The third-order valence-electron chi connectivity index (χ3n) is 3.08. The Hall–Kier alpha value is -0.890. The van der Waals surface area contributed by atoms with Crippen LogP contribution in [0.1, 0.15) is 26.5 Å². The Morgan fingerprint density at radius 1 is 1.33 bits per heavy atom. The van der Waals surface area contributed by atoms with Crippen molar-refractivity contribution in [2.45, 2.75) is 32.4 Å². The summed E-state index contributed by atoms with van der Waals surface area (Å²) in [5.41, 5.74) is 0. The van der Waals surface area contributed by atoms with Crippen LogP contribution in [0.5, 0.6) is 0 Å². The van der Waals surface area contributed by atoms with Gasteiger partial charge in [0.05, 0.1) is 6.54 Å². The molecule has 0 unspecified atom stereocenters. The number of nitrogens with zero attached hydrogens (tertiary/aromatic N) is 1. The van der Waals surface area contributed by atoms with Gasteiger partial charge in [-0.25, -0.2) is 13.1 Å². The minimum atomic E-state index is -3.56. The number of likely N-dealkylation sites (N-methyl/N-ethyl adjacent to an activating group) is 1. The highest BCUT2D eigenvalue weighted by atomic mass is 32.2. The highest BCUT2D eigenvalue weighted by Crippen LogP contribution is 2.13. The van der Waals surface area contributed by atoms with E-state index in [1.54, 1.807) is 6.07 Å². The van der Waals surface area contributed by atoms with E-state index in [2.05, 4.69) is 23.9 Å². The molecule has 2 N–H and O–H groups in total. The molecule has 0 aliphatic heterocycles. The van der Waals surface area contributed by atoms with E-state index in [1.807, 2.05) is 18.9 Å². The molecule has 0 atom stereocenters. The summed E-state index contributed by atoms with van der Waals surface area (Å²) in [4.78, 5) is 2.03. The molecule has 0 amide bonds. The summed E-state index contributed by atoms with van der Waals surface area (Å²) in [6, 6.07) is 3.19. The van der Waals surface area contributed by atoms with Crippen molar-refractivity contribution in [3.8, 4) is 0 Å². The Morgan fingerprint density at radius 2 is 2.05 bits per heavy atom. The molecule has 0 aliphatic carbocycles. The lowest BCUT2D eigenvalue weighted by Gasteiger charge is -2.13. The predicted molar refractivity (Wildman–Crippen MR) is 83.6 cm³/mol. The van der Waals surface area contributed by atoms with Gasteiger partial charge in [-0.05, 0) is 38.2 Å². The van der Waals surface area contributed by atoms with E-state index in [4.69, 9.17) is 4.42 Å². The SMILES string of the molecule is CCN(C)CCNS(=O)(=O)c1ccc(CNCC(C)C)o1. The number of hydrogen-bond donors (Lipinski definition) is 2. The maximum Gasteiger partial charge on any atom is 0.274 e. The third-order valence-corrected chi connectivity index (χ3v) is 4.41. The highest BCUT2D eigenvalue weighted by Gasteiger charge is 2.18. The maximum absolute atomic E-state index is 12.1. The molecule has 0 saturated heterocycles. The molecule has 0 aliphatic rings. The van der Waals surface area contributed by atoms with Crippen LogP contribution in [0.15, 0.2) is 21.6 Å². The standard InChI is InChI=1S/C14H27N3O3S/c1-5-17(4)9-8-16-21(18,19)14-7-6-13(20-14)11-15-10-12(2)3/h6-7,12,15-16H,5,8-11H2,1-4H3. The fourth-order valence-electron chi connectivity index (χ4n) is 1.68. The van der Waals surface area contributed by atoms with Crippen LogP contribution in [-0.2, 0) is 16.6 Å². The molecule has 1 aromatic heterocycles. The molecule has 0 fully saturated rings. The normalized spacial score (nSPS) is 12.5. The summed E-state index contributed by atoms with van der Waals surface area (Å²) in [7, 11) is -1.61. The minimum absolute atomic E-state index is 0.0250. The van der Waals surface area contributed by atoms with Gasteiger partial charge >= 0.3 is 0 Å². The van der Waals surface area contributed by atoms with Crippen LogP contribution in [0, 0.1) is 5.92 Å². The van der Waals surface area contributed by atoms with E-state index in [9.17, 15) is 8.42 Å². The molecule has 21 heavy (non-hydrogen) atoms. The maximum atomic E-state index is 12.1. The molecular formula is C14H27N3O3S. The summed E-state index contributed by atoms with van der Waals surface area (Å²) >= 11 is 0. The second-order valence-electron chi connectivity index (χ2n) is 5.54. The molecule has 0 saturated carbocycles. The zero-order chi connectivity index (χ0) is 15.9. The van der Waals surface area contributed by atoms with Crippen LogP contribution in [-0.4, -0.2) is 46.5 Å². The molecule has 6 nitrogen and oxygen atoms in total. The molecule has 0 aromatic carbocycles. The number of hydrogen-bond acceptors (Lipinski definition) is 5. The van der Waals surface area contributed by atoms with Gasteiger partial charge < -0.3 is 14.6 Å². The lowest BCUT2D eigenvalue weighted by molar-refractivity contribution is 0.355. The van der Waals surface area contributed by atoms with Gasteiger partial charge in [0, 0.05) is 13.1 Å². The van der Waals surface area contributed by atoms with E-state index >= 15 is 0 Å². The van der Waals surface area contributed by atoms with Crippen molar-refractivity contribution in [1.82, 2.24) is 14.9 Å². The molecule has 1 aromatic rings. The van der Waals surface area contributed by atoms with Crippen LogP contribution >= 0.6 is 0 Å². The van der Waals surface area contributed by atoms with E-state index in [0.29, 0.717) is 31.3 Å².